The number of hydrogen-bond donors (Lipinski definition) is 2. The standard InChI is InChI=1S/C9H12Br2N2O/c1-2-7(5-14)13-8-3-6(10)4-12-9(8)11/h3-4,7,13-14H,2,5H2,1H3/t7-/m0/s1. The van der Waals surface area contributed by atoms with Crippen LogP contribution in [0.25, 0.3) is 0 Å². The molecule has 3 nitrogen and oxygen atoms in total. The topological polar surface area (TPSA) is 45.1 Å². The van der Waals surface area contributed by atoms with Gasteiger partial charge < -0.3 is 10.4 Å². The first kappa shape index (κ1) is 11.9. The summed E-state index contributed by atoms with van der Waals surface area (Å²) in [6.45, 7) is 2.14. The number of nitrogens with zero attached hydrogens (tertiary/aromatic N) is 1. The second-order valence-electron chi connectivity index (χ2n) is 2.92. The number of hydrogen-bond acceptors (Lipinski definition) is 3. The van der Waals surface area contributed by atoms with Crippen LogP contribution in [-0.2, 0) is 0 Å². The molecule has 0 aromatic carbocycles. The van der Waals surface area contributed by atoms with Gasteiger partial charge in [0.15, 0.2) is 0 Å². The molecule has 1 heterocycles. The quantitative estimate of drug-likeness (QED) is 0.837. The number of rotatable bonds is 4. The van der Waals surface area contributed by atoms with Crippen molar-refractivity contribution in [2.24, 2.45) is 0 Å². The third-order valence-electron chi connectivity index (χ3n) is 1.88. The molecule has 1 aromatic rings. The molecule has 1 aromatic heterocycles. The maximum atomic E-state index is 9.04. The molecule has 0 saturated heterocycles. The lowest BCUT2D eigenvalue weighted by atomic mass is 10.2. The van der Waals surface area contributed by atoms with Crippen molar-refractivity contribution in [2.45, 2.75) is 19.4 Å². The van der Waals surface area contributed by atoms with Gasteiger partial charge in [-0.2, -0.15) is 0 Å². The van der Waals surface area contributed by atoms with Crippen LogP contribution < -0.4 is 5.32 Å². The summed E-state index contributed by atoms with van der Waals surface area (Å²) >= 11 is 6.69. The van der Waals surface area contributed by atoms with Crippen molar-refractivity contribution >= 4 is 37.5 Å². The summed E-state index contributed by atoms with van der Waals surface area (Å²) in [4.78, 5) is 4.13. The molecule has 0 aliphatic rings. The van der Waals surface area contributed by atoms with Crippen LogP contribution in [0.15, 0.2) is 21.3 Å². The number of nitrogens with one attached hydrogen (secondary N) is 1. The predicted octanol–water partition coefficient (Wildman–Crippen LogP) is 2.79. The Morgan fingerprint density at radius 3 is 2.86 bits per heavy atom. The molecule has 0 aliphatic carbocycles. The molecule has 0 saturated carbocycles. The van der Waals surface area contributed by atoms with Crippen molar-refractivity contribution in [2.75, 3.05) is 11.9 Å². The third kappa shape index (κ3) is 3.22. The Balaban J connectivity index is 2.79. The van der Waals surface area contributed by atoms with Crippen molar-refractivity contribution < 1.29 is 5.11 Å². The number of anilines is 1. The summed E-state index contributed by atoms with van der Waals surface area (Å²) in [5.41, 5.74) is 0.889. The van der Waals surface area contributed by atoms with Crippen molar-refractivity contribution in [3.05, 3.63) is 21.3 Å². The lowest BCUT2D eigenvalue weighted by Crippen LogP contribution is -2.22. The molecule has 1 atom stereocenters. The van der Waals surface area contributed by atoms with E-state index in [1.165, 1.54) is 0 Å². The molecular weight excluding hydrogens is 312 g/mol. The Bertz CT molecular complexity index is 303. The minimum Gasteiger partial charge on any atom is -0.394 e. The van der Waals surface area contributed by atoms with E-state index in [0.717, 1.165) is 21.2 Å². The summed E-state index contributed by atoms with van der Waals surface area (Å²) in [6, 6.07) is 2.00. The average Bonchev–Trinajstić information content (AvgIpc) is 2.19. The van der Waals surface area contributed by atoms with Gasteiger partial charge in [-0.15, -0.1) is 0 Å². The van der Waals surface area contributed by atoms with Gasteiger partial charge in [0, 0.05) is 16.7 Å². The molecule has 0 bridgehead atoms. The normalized spacial score (nSPS) is 12.6. The first-order valence-electron chi connectivity index (χ1n) is 4.35. The maximum absolute atomic E-state index is 9.04. The molecule has 0 aliphatic heterocycles. The Morgan fingerprint density at radius 1 is 1.57 bits per heavy atom. The van der Waals surface area contributed by atoms with Crippen molar-refractivity contribution in [3.63, 3.8) is 0 Å². The fraction of sp³-hybridized carbons (Fsp3) is 0.444. The van der Waals surface area contributed by atoms with E-state index in [2.05, 4.69) is 42.2 Å². The smallest absolute Gasteiger partial charge is 0.129 e. The molecule has 1 rings (SSSR count). The molecule has 2 N–H and O–H groups in total. The van der Waals surface area contributed by atoms with E-state index in [1.54, 1.807) is 6.20 Å². The van der Waals surface area contributed by atoms with E-state index in [1.807, 2.05) is 13.0 Å². The van der Waals surface area contributed by atoms with Crippen LogP contribution in [0, 0.1) is 0 Å². The Morgan fingerprint density at radius 2 is 2.29 bits per heavy atom. The van der Waals surface area contributed by atoms with Crippen molar-refractivity contribution in [1.82, 2.24) is 4.98 Å². The summed E-state index contributed by atoms with van der Waals surface area (Å²) < 4.78 is 1.67. The van der Waals surface area contributed by atoms with Gasteiger partial charge in [-0.3, -0.25) is 0 Å². The van der Waals surface area contributed by atoms with E-state index in [4.69, 9.17) is 5.11 Å². The van der Waals surface area contributed by atoms with E-state index in [9.17, 15) is 0 Å². The largest absolute Gasteiger partial charge is 0.394 e. The number of aliphatic hydroxyl groups excluding tert-OH is 1. The van der Waals surface area contributed by atoms with E-state index < -0.39 is 0 Å². The van der Waals surface area contributed by atoms with Crippen LogP contribution in [0.2, 0.25) is 0 Å². The minimum absolute atomic E-state index is 0.0717. The minimum atomic E-state index is 0.0717. The number of pyridine rings is 1. The zero-order chi connectivity index (χ0) is 10.6. The second kappa shape index (κ2) is 5.68. The highest BCUT2D eigenvalue weighted by atomic mass is 79.9. The maximum Gasteiger partial charge on any atom is 0.129 e. The Kier molecular flexibility index (Phi) is 4.84. The van der Waals surface area contributed by atoms with Crippen LogP contribution in [0.3, 0.4) is 0 Å². The van der Waals surface area contributed by atoms with Crippen LogP contribution in [0.4, 0.5) is 5.69 Å². The van der Waals surface area contributed by atoms with Crippen molar-refractivity contribution in [3.8, 4) is 0 Å². The lowest BCUT2D eigenvalue weighted by molar-refractivity contribution is 0.272. The highest BCUT2D eigenvalue weighted by Crippen LogP contribution is 2.24. The molecule has 0 fully saturated rings. The average molecular weight is 324 g/mol. The summed E-state index contributed by atoms with van der Waals surface area (Å²) in [5, 5.41) is 12.2. The summed E-state index contributed by atoms with van der Waals surface area (Å²) in [6.07, 6.45) is 2.59. The Hall–Kier alpha value is -0.130. The molecule has 5 heteroatoms. The van der Waals surface area contributed by atoms with Crippen LogP contribution >= 0.6 is 31.9 Å². The number of aromatic nitrogens is 1. The summed E-state index contributed by atoms with van der Waals surface area (Å²) in [5.74, 6) is 0. The van der Waals surface area contributed by atoms with Crippen molar-refractivity contribution in [1.29, 1.82) is 0 Å². The lowest BCUT2D eigenvalue weighted by Gasteiger charge is -2.16. The van der Waals surface area contributed by atoms with Gasteiger partial charge in [-0.05, 0) is 44.3 Å². The third-order valence-corrected chi connectivity index (χ3v) is 2.94. The molecule has 14 heavy (non-hydrogen) atoms. The van der Waals surface area contributed by atoms with Gasteiger partial charge in [0.1, 0.15) is 4.60 Å². The number of aliphatic hydroxyl groups is 1. The SMILES string of the molecule is CC[C@@H](CO)Nc1cc(Br)cnc1Br. The highest BCUT2D eigenvalue weighted by Gasteiger charge is 2.07. The molecule has 0 unspecified atom stereocenters. The first-order valence-corrected chi connectivity index (χ1v) is 5.94. The zero-order valence-electron chi connectivity index (χ0n) is 7.80. The molecule has 0 radical (unpaired) electrons. The zero-order valence-corrected chi connectivity index (χ0v) is 11.0. The molecule has 0 spiro atoms. The van der Waals surface area contributed by atoms with E-state index in [-0.39, 0.29) is 12.6 Å². The number of halogens is 2. The van der Waals surface area contributed by atoms with E-state index in [0.29, 0.717) is 0 Å². The van der Waals surface area contributed by atoms with Gasteiger partial charge in [0.05, 0.1) is 12.3 Å². The van der Waals surface area contributed by atoms with Gasteiger partial charge >= 0.3 is 0 Å². The Labute approximate surface area is 100 Å². The molecular formula is C9H12Br2N2O. The first-order chi connectivity index (χ1) is 6.67. The fourth-order valence-corrected chi connectivity index (χ4v) is 1.68. The monoisotopic (exact) mass is 322 g/mol. The fourth-order valence-electron chi connectivity index (χ4n) is 1.02. The molecule has 0 amide bonds. The van der Waals surface area contributed by atoms with Crippen LogP contribution in [0.5, 0.6) is 0 Å². The van der Waals surface area contributed by atoms with Crippen LogP contribution in [0.1, 0.15) is 13.3 Å². The highest BCUT2D eigenvalue weighted by molar-refractivity contribution is 9.11. The molecule has 78 valence electrons. The summed E-state index contributed by atoms with van der Waals surface area (Å²) in [7, 11) is 0. The van der Waals surface area contributed by atoms with Crippen LogP contribution in [-0.4, -0.2) is 22.7 Å². The van der Waals surface area contributed by atoms with Gasteiger partial charge in [-0.25, -0.2) is 4.98 Å². The predicted molar refractivity (Wildman–Crippen MR) is 64.4 cm³/mol. The van der Waals surface area contributed by atoms with Gasteiger partial charge in [0.25, 0.3) is 0 Å². The second-order valence-corrected chi connectivity index (χ2v) is 4.59. The van der Waals surface area contributed by atoms with Gasteiger partial charge in [-0.1, -0.05) is 6.92 Å². The van der Waals surface area contributed by atoms with E-state index >= 15 is 0 Å². The van der Waals surface area contributed by atoms with Gasteiger partial charge in [0.2, 0.25) is 0 Å².